The minimum atomic E-state index is -0.714. The summed E-state index contributed by atoms with van der Waals surface area (Å²) in [6.45, 7) is 2.09. The number of likely N-dealkylation sites (N-methyl/N-ethyl adjacent to an activating group) is 1. The number of nitrogens with two attached hydrogens (primary N) is 2. The molecule has 4 N–H and O–H groups in total. The van der Waals surface area contributed by atoms with Gasteiger partial charge in [-0.1, -0.05) is 6.07 Å². The van der Waals surface area contributed by atoms with Crippen molar-refractivity contribution >= 4 is 59.9 Å². The van der Waals surface area contributed by atoms with Crippen molar-refractivity contribution in [1.29, 1.82) is 5.26 Å². The topological polar surface area (TPSA) is 148 Å². The fourth-order valence-electron chi connectivity index (χ4n) is 6.77. The number of aromatic nitrogens is 5. The maximum atomic E-state index is 17.3. The fourth-order valence-corrected chi connectivity index (χ4v) is 7.72. The van der Waals surface area contributed by atoms with Gasteiger partial charge in [-0.2, -0.15) is 20.3 Å². The van der Waals surface area contributed by atoms with Crippen LogP contribution >= 0.6 is 11.3 Å². The molecule has 4 aromatic heterocycles. The van der Waals surface area contributed by atoms with Gasteiger partial charge >= 0.3 is 6.01 Å². The Hall–Kier alpha value is -5.20. The third kappa shape index (κ3) is 4.58. The number of ether oxygens (including phenoxy) is 1. The van der Waals surface area contributed by atoms with Crippen LogP contribution < -0.4 is 21.1 Å². The van der Waals surface area contributed by atoms with E-state index in [0.29, 0.717) is 52.9 Å². The molecule has 11 nitrogen and oxygen atoms in total. The van der Waals surface area contributed by atoms with Crippen molar-refractivity contribution < 1.29 is 17.9 Å². The van der Waals surface area contributed by atoms with Crippen LogP contribution in [0, 0.1) is 28.8 Å². The zero-order chi connectivity index (χ0) is 32.6. The zero-order valence-electron chi connectivity index (χ0n) is 25.1. The van der Waals surface area contributed by atoms with Crippen LogP contribution in [0.3, 0.4) is 0 Å². The van der Waals surface area contributed by atoms with Crippen LogP contribution in [0.15, 0.2) is 30.6 Å². The highest BCUT2D eigenvalue weighted by molar-refractivity contribution is 7.23. The van der Waals surface area contributed by atoms with Crippen molar-refractivity contribution in [2.75, 3.05) is 43.1 Å². The highest BCUT2D eigenvalue weighted by atomic mass is 32.1. The monoisotopic (exact) mass is 656 g/mol. The number of pyridine rings is 1. The van der Waals surface area contributed by atoms with E-state index >= 15 is 8.78 Å². The molecule has 2 aliphatic rings. The number of benzene rings is 2. The van der Waals surface area contributed by atoms with Crippen molar-refractivity contribution in [3.63, 3.8) is 0 Å². The predicted octanol–water partition coefficient (Wildman–Crippen LogP) is 5.20. The molecule has 1 atom stereocenters. The number of fused-ring (bicyclic) bond motifs is 1. The van der Waals surface area contributed by atoms with Crippen LogP contribution in [-0.4, -0.2) is 62.4 Å². The lowest BCUT2D eigenvalue weighted by atomic mass is 9.94. The Morgan fingerprint density at radius 2 is 1.96 bits per heavy atom. The summed E-state index contributed by atoms with van der Waals surface area (Å²) < 4.78 is 54.6. The lowest BCUT2D eigenvalue weighted by Crippen LogP contribution is -2.31. The van der Waals surface area contributed by atoms with E-state index < -0.39 is 17.5 Å². The number of halogens is 3. The van der Waals surface area contributed by atoms with E-state index in [1.807, 2.05) is 11.9 Å². The molecule has 6 heterocycles. The van der Waals surface area contributed by atoms with E-state index in [1.165, 1.54) is 18.2 Å². The highest BCUT2D eigenvalue weighted by Gasteiger charge is 2.31. The summed E-state index contributed by atoms with van der Waals surface area (Å²) in [6, 6.07) is 6.19. The number of nitriles is 1. The van der Waals surface area contributed by atoms with Gasteiger partial charge in [0, 0.05) is 41.0 Å². The summed E-state index contributed by atoms with van der Waals surface area (Å²) in [5, 5.41) is 15.7. The van der Waals surface area contributed by atoms with E-state index in [-0.39, 0.29) is 56.1 Å². The first-order chi connectivity index (χ1) is 22.7. The highest BCUT2D eigenvalue weighted by Crippen LogP contribution is 2.47. The second-order valence-corrected chi connectivity index (χ2v) is 12.9. The number of thiophene rings is 1. The molecule has 8 rings (SSSR count). The number of rotatable bonds is 6. The summed E-state index contributed by atoms with van der Waals surface area (Å²) in [5.74, 6) is -1.29. The van der Waals surface area contributed by atoms with Gasteiger partial charge in [-0.3, -0.25) is 4.68 Å². The lowest BCUT2D eigenvalue weighted by molar-refractivity contribution is 0.188. The van der Waals surface area contributed by atoms with Crippen LogP contribution in [0.4, 0.5) is 29.8 Å². The first-order valence-electron chi connectivity index (χ1n) is 15.0. The number of likely N-dealkylation sites (tertiary alicyclic amines) is 1. The van der Waals surface area contributed by atoms with Gasteiger partial charge in [-0.15, -0.1) is 11.3 Å². The average Bonchev–Trinajstić information content (AvgIpc) is 3.74. The smallest absolute Gasteiger partial charge is 0.319 e. The van der Waals surface area contributed by atoms with E-state index in [2.05, 4.69) is 26.0 Å². The predicted molar refractivity (Wildman–Crippen MR) is 173 cm³/mol. The number of hydrogen-bond acceptors (Lipinski definition) is 11. The Labute approximate surface area is 269 Å². The van der Waals surface area contributed by atoms with Crippen LogP contribution in [0.25, 0.3) is 43.0 Å². The van der Waals surface area contributed by atoms with Crippen LogP contribution in [0.1, 0.15) is 24.0 Å². The number of nitrogens with zero attached hydrogens (tertiary/aromatic N) is 8. The van der Waals surface area contributed by atoms with E-state index in [4.69, 9.17) is 21.2 Å². The Bertz CT molecular complexity index is 2300. The molecule has 0 unspecified atom stereocenters. The largest absolute Gasteiger partial charge is 0.462 e. The van der Waals surface area contributed by atoms with Crippen molar-refractivity contribution in [2.45, 2.75) is 32.0 Å². The molecule has 47 heavy (non-hydrogen) atoms. The molecule has 2 aromatic carbocycles. The quantitative estimate of drug-likeness (QED) is 0.245. The van der Waals surface area contributed by atoms with Gasteiger partial charge in [-0.05, 0) is 44.1 Å². The first-order valence-corrected chi connectivity index (χ1v) is 15.8. The molecule has 238 valence electrons. The molecular formula is C32H27F3N10OS. The molecule has 0 radical (unpaired) electrons. The van der Waals surface area contributed by atoms with Gasteiger partial charge in [0.25, 0.3) is 0 Å². The van der Waals surface area contributed by atoms with Crippen molar-refractivity contribution in [3.8, 4) is 23.2 Å². The van der Waals surface area contributed by atoms with Gasteiger partial charge in [-0.25, -0.2) is 18.2 Å². The summed E-state index contributed by atoms with van der Waals surface area (Å²) in [7, 11) is 2.02. The number of anilines is 3. The second-order valence-electron chi connectivity index (χ2n) is 11.8. The standard InChI is InChI=1S/C32H27F3N10OS/c1-43-6-2-3-17(43)14-46-32-41-26-24-27-20(22(25(26)35)18-4-5-21(34)28-23(18)19(10-36)30(38)47-28)12-40-45(27)8-7-44(31(24)42-32)13-15-9-16(33)11-39-29(15)37/h4-5,9,11-12,17H,2-3,6-8,13-14,38H2,1H3,(H2,37,39)/t17-/m0/s1. The molecule has 0 saturated carbocycles. The van der Waals surface area contributed by atoms with Crippen LogP contribution in [0.2, 0.25) is 0 Å². The Balaban J connectivity index is 1.39. The summed E-state index contributed by atoms with van der Waals surface area (Å²) in [6.07, 6.45) is 4.58. The molecule has 15 heteroatoms. The van der Waals surface area contributed by atoms with Gasteiger partial charge in [0.05, 0.1) is 40.1 Å². The number of nitrogen functional groups attached to an aromatic ring is 2. The minimum absolute atomic E-state index is 0.0259. The fraction of sp³-hybridized carbons (Fsp3) is 0.281. The third-order valence-electron chi connectivity index (χ3n) is 9.13. The molecular weight excluding hydrogens is 629 g/mol. The van der Waals surface area contributed by atoms with Gasteiger partial charge in [0.1, 0.15) is 46.5 Å². The van der Waals surface area contributed by atoms with Gasteiger partial charge in [0.15, 0.2) is 5.82 Å². The SMILES string of the molecule is CN1CCC[C@H]1COc1nc2c3c(n1)c(F)c(-c1ccc(F)c4sc(N)c(C#N)c14)c1cnn(c13)CCN2Cc1cc(F)cnc1N. The summed E-state index contributed by atoms with van der Waals surface area (Å²) in [4.78, 5) is 17.5. The molecule has 0 spiro atoms. The average molecular weight is 657 g/mol. The molecule has 1 fully saturated rings. The Morgan fingerprint density at radius 1 is 1.11 bits per heavy atom. The van der Waals surface area contributed by atoms with Crippen LogP contribution in [-0.2, 0) is 13.1 Å². The van der Waals surface area contributed by atoms with Crippen molar-refractivity contribution in [1.82, 2.24) is 29.6 Å². The van der Waals surface area contributed by atoms with Gasteiger partial charge < -0.3 is 26.0 Å². The van der Waals surface area contributed by atoms with Crippen molar-refractivity contribution in [3.05, 3.63) is 59.2 Å². The normalized spacial score (nSPS) is 16.5. The molecule has 0 amide bonds. The van der Waals surface area contributed by atoms with E-state index in [1.54, 1.807) is 10.9 Å². The maximum Gasteiger partial charge on any atom is 0.319 e. The molecule has 0 bridgehead atoms. The van der Waals surface area contributed by atoms with Crippen LogP contribution in [0.5, 0.6) is 6.01 Å². The van der Waals surface area contributed by atoms with Crippen molar-refractivity contribution in [2.24, 2.45) is 0 Å². The molecule has 2 aliphatic heterocycles. The first kappa shape index (κ1) is 29.2. The minimum Gasteiger partial charge on any atom is -0.462 e. The molecule has 0 aliphatic carbocycles. The second kappa shape index (κ2) is 11.0. The van der Waals surface area contributed by atoms with E-state index in [9.17, 15) is 9.65 Å². The Kier molecular flexibility index (Phi) is 6.81. The lowest BCUT2D eigenvalue weighted by Gasteiger charge is -2.25. The van der Waals surface area contributed by atoms with Gasteiger partial charge in [0.2, 0.25) is 0 Å². The third-order valence-corrected chi connectivity index (χ3v) is 10.2. The number of hydrogen-bond donors (Lipinski definition) is 2. The van der Waals surface area contributed by atoms with E-state index in [0.717, 1.165) is 36.9 Å². The maximum absolute atomic E-state index is 17.3. The summed E-state index contributed by atoms with van der Waals surface area (Å²) >= 11 is 0.939. The summed E-state index contributed by atoms with van der Waals surface area (Å²) in [5.41, 5.74) is 13.7. The molecule has 1 saturated heterocycles. The molecule has 6 aromatic rings. The zero-order valence-corrected chi connectivity index (χ0v) is 25.9. The Morgan fingerprint density at radius 3 is 2.74 bits per heavy atom.